The molecule has 0 saturated heterocycles. The minimum atomic E-state index is -0.559. The summed E-state index contributed by atoms with van der Waals surface area (Å²) < 4.78 is 7.39. The Hall–Kier alpha value is -3.08. The molecular weight excluding hydrogens is 302 g/mol. The lowest BCUT2D eigenvalue weighted by atomic mass is 10.3. The van der Waals surface area contributed by atoms with Crippen molar-refractivity contribution in [3.05, 3.63) is 78.6 Å². The van der Waals surface area contributed by atoms with Gasteiger partial charge in [-0.2, -0.15) is 5.10 Å². The highest BCUT2D eigenvalue weighted by atomic mass is 16.5. The van der Waals surface area contributed by atoms with E-state index in [-0.39, 0.29) is 5.91 Å². The average Bonchev–Trinajstić information content (AvgIpc) is 3.10. The molecule has 0 fully saturated rings. The fourth-order valence-electron chi connectivity index (χ4n) is 2.26. The predicted molar refractivity (Wildman–Crippen MR) is 91.9 cm³/mol. The lowest BCUT2D eigenvalue weighted by Gasteiger charge is -2.14. The van der Waals surface area contributed by atoms with Crippen LogP contribution in [0.15, 0.2) is 73.1 Å². The average molecular weight is 321 g/mol. The molecule has 0 radical (unpaired) electrons. The first-order valence-electron chi connectivity index (χ1n) is 7.81. The minimum Gasteiger partial charge on any atom is -0.481 e. The Bertz CT molecular complexity index is 785. The van der Waals surface area contributed by atoms with Gasteiger partial charge >= 0.3 is 0 Å². The number of nitrogens with one attached hydrogen (secondary N) is 1. The highest BCUT2D eigenvalue weighted by Crippen LogP contribution is 2.11. The number of carbonyl (C=O) groups excluding carboxylic acids is 1. The number of para-hydroxylation sites is 2. The van der Waals surface area contributed by atoms with Crippen LogP contribution in [0, 0.1) is 0 Å². The van der Waals surface area contributed by atoms with Gasteiger partial charge in [0.15, 0.2) is 6.10 Å². The van der Waals surface area contributed by atoms with E-state index in [1.54, 1.807) is 17.8 Å². The second kappa shape index (κ2) is 7.46. The summed E-state index contributed by atoms with van der Waals surface area (Å²) in [7, 11) is 0. The van der Waals surface area contributed by atoms with Gasteiger partial charge in [0, 0.05) is 18.3 Å². The molecule has 0 aliphatic heterocycles. The third-order valence-electron chi connectivity index (χ3n) is 3.55. The number of benzene rings is 2. The zero-order valence-electron chi connectivity index (χ0n) is 13.4. The molecule has 3 aromatic rings. The molecule has 1 atom stereocenters. The minimum absolute atomic E-state index is 0.161. The maximum Gasteiger partial charge on any atom is 0.261 e. The van der Waals surface area contributed by atoms with Crippen LogP contribution in [-0.2, 0) is 11.3 Å². The number of rotatable bonds is 6. The van der Waals surface area contributed by atoms with Crippen LogP contribution in [0.4, 0.5) is 0 Å². The van der Waals surface area contributed by atoms with E-state index in [1.807, 2.05) is 66.9 Å². The van der Waals surface area contributed by atoms with E-state index in [1.165, 1.54) is 0 Å². The monoisotopic (exact) mass is 321 g/mol. The van der Waals surface area contributed by atoms with E-state index in [4.69, 9.17) is 4.74 Å². The van der Waals surface area contributed by atoms with Crippen molar-refractivity contribution >= 4 is 5.91 Å². The second-order valence-corrected chi connectivity index (χ2v) is 5.42. The maximum absolute atomic E-state index is 12.1. The summed E-state index contributed by atoms with van der Waals surface area (Å²) in [5.74, 6) is 0.517. The van der Waals surface area contributed by atoms with E-state index >= 15 is 0 Å². The molecule has 1 unspecified atom stereocenters. The van der Waals surface area contributed by atoms with Gasteiger partial charge in [-0.1, -0.05) is 36.4 Å². The van der Waals surface area contributed by atoms with Crippen molar-refractivity contribution in [3.63, 3.8) is 0 Å². The normalized spacial score (nSPS) is 11.7. The third-order valence-corrected chi connectivity index (χ3v) is 3.55. The molecule has 3 rings (SSSR count). The number of hydrogen-bond acceptors (Lipinski definition) is 3. The van der Waals surface area contributed by atoms with Crippen molar-refractivity contribution in [3.8, 4) is 11.4 Å². The van der Waals surface area contributed by atoms with Gasteiger partial charge in [0.2, 0.25) is 0 Å². The second-order valence-electron chi connectivity index (χ2n) is 5.42. The molecular formula is C19H19N3O2. The Balaban J connectivity index is 1.54. The van der Waals surface area contributed by atoms with Gasteiger partial charge in [-0.15, -0.1) is 0 Å². The molecule has 0 bridgehead atoms. The Morgan fingerprint density at radius 1 is 1.12 bits per heavy atom. The number of nitrogens with zero attached hydrogens (tertiary/aromatic N) is 2. The van der Waals surface area contributed by atoms with Crippen LogP contribution in [0.2, 0.25) is 0 Å². The van der Waals surface area contributed by atoms with E-state index < -0.39 is 6.10 Å². The smallest absolute Gasteiger partial charge is 0.261 e. The van der Waals surface area contributed by atoms with Crippen molar-refractivity contribution in [1.29, 1.82) is 0 Å². The summed E-state index contributed by atoms with van der Waals surface area (Å²) in [5.41, 5.74) is 1.91. The van der Waals surface area contributed by atoms with E-state index in [2.05, 4.69) is 10.4 Å². The molecule has 5 nitrogen and oxygen atoms in total. The van der Waals surface area contributed by atoms with E-state index in [9.17, 15) is 4.79 Å². The van der Waals surface area contributed by atoms with Gasteiger partial charge in [0.1, 0.15) is 5.75 Å². The largest absolute Gasteiger partial charge is 0.481 e. The van der Waals surface area contributed by atoms with Crippen LogP contribution in [0.1, 0.15) is 12.5 Å². The zero-order chi connectivity index (χ0) is 16.8. The number of hydrogen-bond donors (Lipinski definition) is 1. The van der Waals surface area contributed by atoms with Gasteiger partial charge in [0.25, 0.3) is 5.91 Å². The molecule has 5 heteroatoms. The Morgan fingerprint density at radius 3 is 2.50 bits per heavy atom. The van der Waals surface area contributed by atoms with Crippen LogP contribution in [-0.4, -0.2) is 21.8 Å². The topological polar surface area (TPSA) is 56.1 Å². The van der Waals surface area contributed by atoms with Crippen molar-refractivity contribution in [2.24, 2.45) is 0 Å². The standard InChI is InChI=1S/C19H19N3O2/c1-15(24-18-10-6-3-7-11-18)19(23)20-12-16-13-21-22(14-16)17-8-4-2-5-9-17/h2-11,13-15H,12H2,1H3,(H,20,23). The molecule has 2 aromatic carbocycles. The number of aromatic nitrogens is 2. The first-order chi connectivity index (χ1) is 11.7. The number of ether oxygens (including phenoxy) is 1. The maximum atomic E-state index is 12.1. The summed E-state index contributed by atoms with van der Waals surface area (Å²) in [6.07, 6.45) is 3.09. The van der Waals surface area contributed by atoms with Crippen LogP contribution in [0.3, 0.4) is 0 Å². The number of carbonyl (C=O) groups is 1. The van der Waals surface area contributed by atoms with Crippen LogP contribution in [0.5, 0.6) is 5.75 Å². The van der Waals surface area contributed by atoms with Gasteiger partial charge in [-0.3, -0.25) is 4.79 Å². The zero-order valence-corrected chi connectivity index (χ0v) is 13.4. The fourth-order valence-corrected chi connectivity index (χ4v) is 2.26. The summed E-state index contributed by atoms with van der Waals surface area (Å²) in [6.45, 7) is 2.14. The molecule has 1 aromatic heterocycles. The van der Waals surface area contributed by atoms with Crippen molar-refractivity contribution < 1.29 is 9.53 Å². The lowest BCUT2D eigenvalue weighted by Crippen LogP contribution is -2.35. The van der Waals surface area contributed by atoms with Gasteiger partial charge in [-0.05, 0) is 31.2 Å². The molecule has 1 heterocycles. The number of amides is 1. The van der Waals surface area contributed by atoms with Gasteiger partial charge in [-0.25, -0.2) is 4.68 Å². The molecule has 122 valence electrons. The van der Waals surface area contributed by atoms with Crippen molar-refractivity contribution in [2.45, 2.75) is 19.6 Å². The molecule has 1 amide bonds. The highest BCUT2D eigenvalue weighted by Gasteiger charge is 2.14. The van der Waals surface area contributed by atoms with E-state index in [0.29, 0.717) is 12.3 Å². The van der Waals surface area contributed by atoms with Gasteiger partial charge in [0.05, 0.1) is 11.9 Å². The summed E-state index contributed by atoms with van der Waals surface area (Å²) in [6, 6.07) is 19.1. The summed E-state index contributed by atoms with van der Waals surface area (Å²) in [4.78, 5) is 12.1. The predicted octanol–water partition coefficient (Wildman–Crippen LogP) is 2.96. The Labute approximate surface area is 140 Å². The van der Waals surface area contributed by atoms with E-state index in [0.717, 1.165) is 11.3 Å². The van der Waals surface area contributed by atoms with Crippen LogP contribution >= 0.6 is 0 Å². The first kappa shape index (κ1) is 15.8. The Kier molecular flexibility index (Phi) is 4.91. The summed E-state index contributed by atoms with van der Waals surface area (Å²) >= 11 is 0. The molecule has 1 N–H and O–H groups in total. The third kappa shape index (κ3) is 4.01. The van der Waals surface area contributed by atoms with Gasteiger partial charge < -0.3 is 10.1 Å². The van der Waals surface area contributed by atoms with Crippen LogP contribution in [0.25, 0.3) is 5.69 Å². The molecule has 24 heavy (non-hydrogen) atoms. The quantitative estimate of drug-likeness (QED) is 0.759. The molecule has 0 spiro atoms. The first-order valence-corrected chi connectivity index (χ1v) is 7.81. The lowest BCUT2D eigenvalue weighted by molar-refractivity contribution is -0.127. The van der Waals surface area contributed by atoms with Crippen molar-refractivity contribution in [1.82, 2.24) is 15.1 Å². The molecule has 0 aliphatic carbocycles. The Morgan fingerprint density at radius 2 is 1.79 bits per heavy atom. The molecule has 0 saturated carbocycles. The van der Waals surface area contributed by atoms with Crippen LogP contribution < -0.4 is 10.1 Å². The SMILES string of the molecule is CC(Oc1ccccc1)C(=O)NCc1cnn(-c2ccccc2)c1. The fraction of sp³-hybridized carbons (Fsp3) is 0.158. The molecule has 0 aliphatic rings. The highest BCUT2D eigenvalue weighted by molar-refractivity contribution is 5.80. The summed E-state index contributed by atoms with van der Waals surface area (Å²) in [5, 5.41) is 7.18. The van der Waals surface area contributed by atoms with Crippen molar-refractivity contribution in [2.75, 3.05) is 0 Å².